The summed E-state index contributed by atoms with van der Waals surface area (Å²) in [6, 6.07) is 2.46. The van der Waals surface area contributed by atoms with Crippen LogP contribution in [-0.2, 0) is 11.3 Å². The minimum atomic E-state index is -1.02. The highest BCUT2D eigenvalue weighted by Gasteiger charge is 2.05. The van der Waals surface area contributed by atoms with Gasteiger partial charge in [0, 0.05) is 19.9 Å². The van der Waals surface area contributed by atoms with E-state index in [1.165, 1.54) is 18.3 Å². The van der Waals surface area contributed by atoms with E-state index in [4.69, 9.17) is 9.84 Å². The lowest BCUT2D eigenvalue weighted by atomic mass is 10.2. The summed E-state index contributed by atoms with van der Waals surface area (Å²) in [6.07, 6.45) is 1.39. The van der Waals surface area contributed by atoms with Gasteiger partial charge in [-0.05, 0) is 12.1 Å². The Kier molecular flexibility index (Phi) is 5.59. The van der Waals surface area contributed by atoms with Gasteiger partial charge in [0.25, 0.3) is 0 Å². The van der Waals surface area contributed by atoms with E-state index in [-0.39, 0.29) is 18.1 Å². The van der Waals surface area contributed by atoms with E-state index in [1.807, 2.05) is 0 Å². The lowest BCUT2D eigenvalue weighted by molar-refractivity contribution is 0.0696. The molecule has 0 aromatic carbocycles. The van der Waals surface area contributed by atoms with Gasteiger partial charge in [0.15, 0.2) is 0 Å². The molecule has 7 heteroatoms. The van der Waals surface area contributed by atoms with Crippen LogP contribution in [0, 0.1) is 0 Å². The van der Waals surface area contributed by atoms with Crippen molar-refractivity contribution < 1.29 is 19.4 Å². The first-order valence-corrected chi connectivity index (χ1v) is 5.32. The molecule has 0 radical (unpaired) electrons. The van der Waals surface area contributed by atoms with Crippen LogP contribution in [0.2, 0.25) is 0 Å². The van der Waals surface area contributed by atoms with Crippen LogP contribution in [-0.4, -0.2) is 42.4 Å². The van der Waals surface area contributed by atoms with Crippen LogP contribution in [0.5, 0.6) is 0 Å². The van der Waals surface area contributed by atoms with Gasteiger partial charge in [0.05, 0.1) is 24.4 Å². The average Bonchev–Trinajstić information content (AvgIpc) is 2.37. The number of aromatic carboxylic acids is 1. The second-order valence-electron chi connectivity index (χ2n) is 3.44. The molecule has 1 aromatic rings. The minimum Gasteiger partial charge on any atom is -0.478 e. The van der Waals surface area contributed by atoms with Crippen LogP contribution in [0.1, 0.15) is 16.1 Å². The van der Waals surface area contributed by atoms with Crippen molar-refractivity contribution >= 4 is 12.0 Å². The van der Waals surface area contributed by atoms with E-state index in [2.05, 4.69) is 15.6 Å². The van der Waals surface area contributed by atoms with Gasteiger partial charge in [0.1, 0.15) is 0 Å². The fourth-order valence-corrected chi connectivity index (χ4v) is 1.21. The number of pyridine rings is 1. The highest BCUT2D eigenvalue weighted by Crippen LogP contribution is 2.01. The quantitative estimate of drug-likeness (QED) is 0.630. The molecule has 0 saturated carbocycles. The maximum Gasteiger partial charge on any atom is 0.335 e. The standard InChI is InChI=1S/C11H15N3O4/c1-18-5-4-13-11(17)14-7-9-6-8(10(15)16)2-3-12-9/h2-3,6H,4-5,7H2,1H3,(H,15,16)(H2,13,14,17). The SMILES string of the molecule is COCCNC(=O)NCc1cc(C(=O)O)ccn1. The number of nitrogens with zero attached hydrogens (tertiary/aromatic N) is 1. The highest BCUT2D eigenvalue weighted by atomic mass is 16.5. The van der Waals surface area contributed by atoms with Crippen LogP contribution < -0.4 is 10.6 Å². The largest absolute Gasteiger partial charge is 0.478 e. The summed E-state index contributed by atoms with van der Waals surface area (Å²) in [5.74, 6) is -1.02. The molecular formula is C11H15N3O4. The molecule has 1 heterocycles. The average molecular weight is 253 g/mol. The Morgan fingerprint density at radius 2 is 2.22 bits per heavy atom. The summed E-state index contributed by atoms with van der Waals surface area (Å²) >= 11 is 0. The van der Waals surface area contributed by atoms with E-state index >= 15 is 0 Å². The van der Waals surface area contributed by atoms with Crippen molar-refractivity contribution in [1.82, 2.24) is 15.6 Å². The van der Waals surface area contributed by atoms with Crippen molar-refractivity contribution in [3.63, 3.8) is 0 Å². The fraction of sp³-hybridized carbons (Fsp3) is 0.364. The smallest absolute Gasteiger partial charge is 0.335 e. The summed E-state index contributed by atoms with van der Waals surface area (Å²) in [5.41, 5.74) is 0.624. The Hall–Kier alpha value is -2.15. The molecule has 18 heavy (non-hydrogen) atoms. The minimum absolute atomic E-state index is 0.140. The number of methoxy groups -OCH3 is 1. The summed E-state index contributed by atoms with van der Waals surface area (Å²) in [4.78, 5) is 26.0. The number of urea groups is 1. The van der Waals surface area contributed by atoms with Gasteiger partial charge in [0.2, 0.25) is 0 Å². The number of rotatable bonds is 6. The van der Waals surface area contributed by atoms with E-state index in [1.54, 1.807) is 7.11 Å². The van der Waals surface area contributed by atoms with Crippen molar-refractivity contribution in [3.05, 3.63) is 29.6 Å². The van der Waals surface area contributed by atoms with Gasteiger partial charge in [-0.2, -0.15) is 0 Å². The first kappa shape index (κ1) is 13.9. The summed E-state index contributed by atoms with van der Waals surface area (Å²) in [5, 5.41) is 13.9. The van der Waals surface area contributed by atoms with Crippen LogP contribution >= 0.6 is 0 Å². The number of carbonyl (C=O) groups excluding carboxylic acids is 1. The zero-order chi connectivity index (χ0) is 13.4. The maximum atomic E-state index is 11.3. The molecule has 1 aromatic heterocycles. The predicted molar refractivity (Wildman–Crippen MR) is 63.3 cm³/mol. The third-order valence-corrected chi connectivity index (χ3v) is 2.09. The number of amides is 2. The fourth-order valence-electron chi connectivity index (χ4n) is 1.21. The number of ether oxygens (including phenoxy) is 1. The number of aromatic nitrogens is 1. The monoisotopic (exact) mass is 253 g/mol. The van der Waals surface area contributed by atoms with E-state index in [9.17, 15) is 9.59 Å². The molecule has 0 unspecified atom stereocenters. The number of hydrogen-bond acceptors (Lipinski definition) is 4. The van der Waals surface area contributed by atoms with Gasteiger partial charge in [-0.25, -0.2) is 9.59 Å². The normalized spacial score (nSPS) is 9.83. The van der Waals surface area contributed by atoms with E-state index in [0.29, 0.717) is 18.8 Å². The lowest BCUT2D eigenvalue weighted by Gasteiger charge is -2.07. The summed E-state index contributed by atoms with van der Waals surface area (Å²) in [7, 11) is 1.54. The molecule has 0 fully saturated rings. The summed E-state index contributed by atoms with van der Waals surface area (Å²) < 4.78 is 4.78. The number of hydrogen-bond donors (Lipinski definition) is 3. The topological polar surface area (TPSA) is 101 Å². The molecular weight excluding hydrogens is 238 g/mol. The molecule has 2 amide bonds. The molecule has 0 bridgehead atoms. The lowest BCUT2D eigenvalue weighted by Crippen LogP contribution is -2.36. The molecule has 0 saturated heterocycles. The molecule has 0 atom stereocenters. The van der Waals surface area contributed by atoms with Crippen molar-refractivity contribution in [1.29, 1.82) is 0 Å². The molecule has 0 aliphatic carbocycles. The zero-order valence-corrected chi connectivity index (χ0v) is 9.97. The van der Waals surface area contributed by atoms with Crippen LogP contribution in [0.25, 0.3) is 0 Å². The Bertz CT molecular complexity index is 423. The van der Waals surface area contributed by atoms with Crippen LogP contribution in [0.4, 0.5) is 4.79 Å². The molecule has 0 aliphatic rings. The molecule has 98 valence electrons. The Morgan fingerprint density at radius 3 is 2.89 bits per heavy atom. The van der Waals surface area contributed by atoms with Crippen LogP contribution in [0.15, 0.2) is 18.3 Å². The van der Waals surface area contributed by atoms with Crippen molar-refractivity contribution in [2.75, 3.05) is 20.3 Å². The van der Waals surface area contributed by atoms with Gasteiger partial charge in [-0.3, -0.25) is 4.98 Å². The van der Waals surface area contributed by atoms with E-state index in [0.717, 1.165) is 0 Å². The molecule has 1 rings (SSSR count). The second-order valence-corrected chi connectivity index (χ2v) is 3.44. The van der Waals surface area contributed by atoms with Gasteiger partial charge in [-0.1, -0.05) is 0 Å². The van der Waals surface area contributed by atoms with Crippen molar-refractivity contribution in [2.24, 2.45) is 0 Å². The molecule has 7 nitrogen and oxygen atoms in total. The Balaban J connectivity index is 2.41. The third-order valence-electron chi connectivity index (χ3n) is 2.09. The first-order valence-electron chi connectivity index (χ1n) is 5.32. The van der Waals surface area contributed by atoms with Crippen LogP contribution in [0.3, 0.4) is 0 Å². The maximum absolute atomic E-state index is 11.3. The van der Waals surface area contributed by atoms with Crippen molar-refractivity contribution in [2.45, 2.75) is 6.54 Å². The third kappa shape index (κ3) is 4.79. The molecule has 3 N–H and O–H groups in total. The Labute approximate surface area is 104 Å². The molecule has 0 aliphatic heterocycles. The number of carboxylic acid groups (broad SMARTS) is 1. The number of carbonyl (C=O) groups is 2. The molecule has 0 spiro atoms. The van der Waals surface area contributed by atoms with Gasteiger partial charge < -0.3 is 20.5 Å². The Morgan fingerprint density at radius 1 is 1.44 bits per heavy atom. The first-order chi connectivity index (χ1) is 8.63. The number of carboxylic acids is 1. The van der Waals surface area contributed by atoms with Gasteiger partial charge >= 0.3 is 12.0 Å². The highest BCUT2D eigenvalue weighted by molar-refractivity contribution is 5.87. The second kappa shape index (κ2) is 7.23. The van der Waals surface area contributed by atoms with E-state index < -0.39 is 5.97 Å². The predicted octanol–water partition coefficient (Wildman–Crippen LogP) is 0.225. The zero-order valence-electron chi connectivity index (χ0n) is 9.97. The van der Waals surface area contributed by atoms with Crippen molar-refractivity contribution in [3.8, 4) is 0 Å². The summed E-state index contributed by atoms with van der Waals surface area (Å²) in [6.45, 7) is 1.00. The van der Waals surface area contributed by atoms with Gasteiger partial charge in [-0.15, -0.1) is 0 Å². The number of nitrogens with one attached hydrogen (secondary N) is 2.